The minimum atomic E-state index is -4.44. The lowest BCUT2D eigenvalue weighted by atomic mass is 9.93. The van der Waals surface area contributed by atoms with E-state index in [1.54, 1.807) is 0 Å². The molecule has 2 rings (SSSR count). The van der Waals surface area contributed by atoms with Crippen LogP contribution in [-0.2, 0) is 9.13 Å². The molecule has 4 N–H and O–H groups in total. The van der Waals surface area contributed by atoms with Crippen molar-refractivity contribution in [3.05, 3.63) is 0 Å². The largest absolute Gasteiger partial charge is 0.509 e. The van der Waals surface area contributed by atoms with Crippen LogP contribution in [-0.4, -0.2) is 38.1 Å². The van der Waals surface area contributed by atoms with Crippen LogP contribution in [0.3, 0.4) is 0 Å². The molecule has 1 aliphatic heterocycles. The van der Waals surface area contributed by atoms with Gasteiger partial charge in [0.15, 0.2) is 0 Å². The van der Waals surface area contributed by atoms with Crippen LogP contribution in [0.2, 0.25) is 0 Å². The van der Waals surface area contributed by atoms with Gasteiger partial charge in [-0.25, -0.2) is 0 Å². The second-order valence-corrected chi connectivity index (χ2v) is 9.33. The van der Waals surface area contributed by atoms with E-state index < -0.39 is 26.4 Å². The van der Waals surface area contributed by atoms with Gasteiger partial charge in [-0.3, -0.25) is 4.57 Å². The molecule has 8 heteroatoms. The summed E-state index contributed by atoms with van der Waals surface area (Å²) in [5.41, 5.74) is -0.810. The van der Waals surface area contributed by atoms with Crippen LogP contribution in [0.1, 0.15) is 45.4 Å². The van der Waals surface area contributed by atoms with Gasteiger partial charge in [0, 0.05) is 6.04 Å². The minimum absolute atomic E-state index is 0.0747. The van der Waals surface area contributed by atoms with Gasteiger partial charge in [-0.1, -0.05) is 13.3 Å². The fourth-order valence-electron chi connectivity index (χ4n) is 3.98. The summed E-state index contributed by atoms with van der Waals surface area (Å²) in [6.07, 6.45) is 3.66. The highest BCUT2D eigenvalue weighted by atomic mass is 31.2. The van der Waals surface area contributed by atoms with E-state index in [-0.39, 0.29) is 12.0 Å². The van der Waals surface area contributed by atoms with E-state index in [2.05, 4.69) is 5.32 Å². The minimum Gasteiger partial charge on any atom is -0.324 e. The summed E-state index contributed by atoms with van der Waals surface area (Å²) in [6, 6.07) is 0.0747. The average Bonchev–Trinajstić information content (AvgIpc) is 2.75. The van der Waals surface area contributed by atoms with Crippen LogP contribution >= 0.6 is 15.6 Å². The molecule has 0 aromatic heterocycles. The molecule has 2 fully saturated rings. The molecule has 1 aliphatic carbocycles. The first-order valence-electron chi connectivity index (χ1n) is 7.26. The second-order valence-electron chi connectivity index (χ2n) is 6.13. The molecule has 20 heavy (non-hydrogen) atoms. The lowest BCUT2D eigenvalue weighted by Gasteiger charge is -2.31. The summed E-state index contributed by atoms with van der Waals surface area (Å²) in [4.78, 5) is 29.4. The van der Waals surface area contributed by atoms with E-state index in [1.165, 1.54) is 0 Å². The van der Waals surface area contributed by atoms with E-state index in [4.69, 9.17) is 0 Å². The van der Waals surface area contributed by atoms with E-state index >= 15 is 0 Å². The van der Waals surface area contributed by atoms with Crippen LogP contribution in [0.4, 0.5) is 0 Å². The molecular weight excluding hydrogens is 300 g/mol. The van der Waals surface area contributed by atoms with Gasteiger partial charge >= 0.3 is 15.6 Å². The zero-order valence-electron chi connectivity index (χ0n) is 11.7. The average molecular weight is 324 g/mol. The third-order valence-electron chi connectivity index (χ3n) is 4.95. The van der Waals surface area contributed by atoms with Crippen LogP contribution in [0, 0.1) is 5.92 Å². The summed E-state index contributed by atoms with van der Waals surface area (Å²) in [5, 5.41) is 2.00. The molecule has 0 bridgehead atoms. The molecule has 5 atom stereocenters. The Balaban J connectivity index is 2.37. The Morgan fingerprint density at radius 3 is 2.65 bits per heavy atom. The van der Waals surface area contributed by atoms with Crippen molar-refractivity contribution in [2.45, 2.75) is 62.3 Å². The molecule has 0 spiro atoms. The van der Waals surface area contributed by atoms with Gasteiger partial charge in [-0.2, -0.15) is 4.89 Å². The monoisotopic (exact) mass is 324 g/mol. The van der Waals surface area contributed by atoms with Crippen LogP contribution < -0.4 is 5.32 Å². The summed E-state index contributed by atoms with van der Waals surface area (Å²) in [6.45, 7) is 2.74. The van der Waals surface area contributed by atoms with Crippen molar-refractivity contribution in [1.82, 2.24) is 5.32 Å². The van der Waals surface area contributed by atoms with E-state index in [0.717, 1.165) is 19.4 Å². The topological polar surface area (TPSA) is 107 Å². The van der Waals surface area contributed by atoms with Crippen molar-refractivity contribution in [2.75, 3.05) is 6.54 Å². The predicted octanol–water partition coefficient (Wildman–Crippen LogP) is 1.97. The maximum Gasteiger partial charge on any atom is 0.509 e. The number of hydrogen-bond donors (Lipinski definition) is 4. The van der Waals surface area contributed by atoms with Crippen LogP contribution in [0.25, 0.3) is 0 Å². The summed E-state index contributed by atoms with van der Waals surface area (Å²) in [5.74, 6) is 0.214. The Morgan fingerprint density at radius 2 is 2.15 bits per heavy atom. The lowest BCUT2D eigenvalue weighted by Crippen LogP contribution is -2.41. The van der Waals surface area contributed by atoms with Crippen molar-refractivity contribution < 1.29 is 23.8 Å². The third kappa shape index (κ3) is 2.87. The fourth-order valence-corrected chi connectivity index (χ4v) is 7.26. The zero-order valence-corrected chi connectivity index (χ0v) is 13.5. The Labute approximate surface area is 120 Å². The zero-order chi connectivity index (χ0) is 15.0. The first-order valence-corrected chi connectivity index (χ1v) is 10.2. The first kappa shape index (κ1) is 16.5. The fraction of sp³-hybridized carbons (Fsp3) is 1.00. The Kier molecular flexibility index (Phi) is 5.06. The summed E-state index contributed by atoms with van der Waals surface area (Å²) >= 11 is 0. The van der Waals surface area contributed by atoms with Crippen molar-refractivity contribution in [2.24, 2.45) is 5.92 Å². The molecule has 0 aromatic rings. The molecule has 0 radical (unpaired) electrons. The number of nitrogens with one attached hydrogen (secondary N) is 1. The van der Waals surface area contributed by atoms with Gasteiger partial charge in [-0.05, 0) is 49.1 Å². The second kappa shape index (κ2) is 6.12. The van der Waals surface area contributed by atoms with E-state index in [0.29, 0.717) is 25.7 Å². The highest BCUT2D eigenvalue weighted by Gasteiger charge is 2.65. The van der Waals surface area contributed by atoms with Gasteiger partial charge in [0.05, 0.1) is 0 Å². The smallest absolute Gasteiger partial charge is 0.324 e. The van der Waals surface area contributed by atoms with Gasteiger partial charge < -0.3 is 15.1 Å². The van der Waals surface area contributed by atoms with Crippen molar-refractivity contribution in [1.29, 1.82) is 0 Å². The van der Waals surface area contributed by atoms with Gasteiger partial charge in [-0.15, -0.1) is 0 Å². The standard InChI is InChI=1S/C12H23NO5P2/c1-2-4-11(19(14)15)12(20(16,17)18)7-9-5-3-6-13-10(9)8-12/h9-11,13H,2-8H2,1H3,(H2-,14,15,16,17,18)/p+1. The van der Waals surface area contributed by atoms with E-state index in [1.807, 2.05) is 6.92 Å². The molecule has 1 saturated carbocycles. The van der Waals surface area contributed by atoms with Crippen molar-refractivity contribution in [3.63, 3.8) is 0 Å². The Hall–Kier alpha value is 0.170. The lowest BCUT2D eigenvalue weighted by molar-refractivity contribution is 0.302. The third-order valence-corrected chi connectivity index (χ3v) is 8.27. The quantitative estimate of drug-likeness (QED) is 0.576. The van der Waals surface area contributed by atoms with Gasteiger partial charge in [0.2, 0.25) is 5.66 Å². The number of piperidine rings is 1. The van der Waals surface area contributed by atoms with Crippen molar-refractivity contribution in [3.8, 4) is 0 Å². The highest BCUT2D eigenvalue weighted by molar-refractivity contribution is 7.55. The molecule has 1 heterocycles. The molecule has 116 valence electrons. The Morgan fingerprint density at radius 1 is 1.45 bits per heavy atom. The molecule has 0 aromatic carbocycles. The SMILES string of the molecule is CCCC([P+](=O)O)C1(P(=O)(O)O)CC2CCCNC2C1. The number of hydrogen-bond acceptors (Lipinski definition) is 3. The van der Waals surface area contributed by atoms with E-state index in [9.17, 15) is 23.8 Å². The Bertz CT molecular complexity index is 410. The first-order chi connectivity index (χ1) is 9.32. The van der Waals surface area contributed by atoms with Gasteiger partial charge in [0.25, 0.3) is 0 Å². The number of fused-ring (bicyclic) bond motifs is 1. The van der Waals surface area contributed by atoms with Gasteiger partial charge in [0.1, 0.15) is 5.16 Å². The molecule has 1 saturated heterocycles. The molecule has 2 aliphatic rings. The summed E-state index contributed by atoms with van der Waals surface area (Å²) < 4.78 is 23.9. The van der Waals surface area contributed by atoms with Crippen LogP contribution in [0.15, 0.2) is 0 Å². The molecule has 0 amide bonds. The number of rotatable bonds is 5. The maximum atomic E-state index is 12.1. The summed E-state index contributed by atoms with van der Waals surface area (Å²) in [7, 11) is -7.03. The molecule has 5 unspecified atom stereocenters. The molecule has 6 nitrogen and oxygen atoms in total. The van der Waals surface area contributed by atoms with Crippen molar-refractivity contribution >= 4 is 15.6 Å². The maximum absolute atomic E-state index is 12.1. The normalized spacial score (nSPS) is 36.5. The predicted molar refractivity (Wildman–Crippen MR) is 77.0 cm³/mol. The van der Waals surface area contributed by atoms with Crippen LogP contribution in [0.5, 0.6) is 0 Å². The highest BCUT2D eigenvalue weighted by Crippen LogP contribution is 2.66. The molecular formula is C12H24NO5P2+.